The Hall–Kier alpha value is -2.05. The van der Waals surface area contributed by atoms with Gasteiger partial charge in [0.15, 0.2) is 5.65 Å². The lowest BCUT2D eigenvalue weighted by Crippen LogP contribution is -2.24. The molecule has 0 aliphatic carbocycles. The molecule has 2 N–H and O–H groups in total. The van der Waals surface area contributed by atoms with Crippen molar-refractivity contribution in [1.82, 2.24) is 15.0 Å². The van der Waals surface area contributed by atoms with Crippen molar-refractivity contribution in [3.8, 4) is 0 Å². The fourth-order valence-electron chi connectivity index (χ4n) is 2.20. The van der Waals surface area contributed by atoms with Crippen LogP contribution in [-0.2, 0) is 0 Å². The maximum absolute atomic E-state index is 10.4. The molecule has 0 fully saturated rings. The lowest BCUT2D eigenvalue weighted by molar-refractivity contribution is 0.160. The molecule has 3 aromatic rings. The summed E-state index contributed by atoms with van der Waals surface area (Å²) in [6, 6.07) is 11.1. The van der Waals surface area contributed by atoms with Crippen LogP contribution < -0.4 is 5.32 Å². The van der Waals surface area contributed by atoms with Crippen LogP contribution in [0.2, 0.25) is 0 Å². The zero-order valence-electron chi connectivity index (χ0n) is 11.9. The van der Waals surface area contributed by atoms with Crippen LogP contribution in [0.15, 0.2) is 53.3 Å². The van der Waals surface area contributed by atoms with Gasteiger partial charge in [0.05, 0.1) is 12.1 Å². The van der Waals surface area contributed by atoms with Gasteiger partial charge in [-0.3, -0.25) is 4.98 Å². The number of nitrogens with one attached hydrogen (secondary N) is 1. The van der Waals surface area contributed by atoms with Gasteiger partial charge >= 0.3 is 0 Å². The van der Waals surface area contributed by atoms with Gasteiger partial charge < -0.3 is 10.4 Å². The second kappa shape index (κ2) is 6.37. The summed E-state index contributed by atoms with van der Waals surface area (Å²) in [5.41, 5.74) is 2.18. The number of aromatic nitrogens is 3. The normalized spacial score (nSPS) is 13.8. The second-order valence-corrected chi connectivity index (χ2v) is 5.94. The Labute approximate surface area is 136 Å². The summed E-state index contributed by atoms with van der Waals surface area (Å²) < 4.78 is 0.985. The van der Waals surface area contributed by atoms with Crippen LogP contribution in [0.3, 0.4) is 0 Å². The number of benzene rings is 1. The highest BCUT2D eigenvalue weighted by atomic mass is 79.9. The molecule has 0 saturated heterocycles. The lowest BCUT2D eigenvalue weighted by atomic mass is 10.0. The molecule has 0 saturated carbocycles. The van der Waals surface area contributed by atoms with Gasteiger partial charge in [-0.15, -0.1) is 0 Å². The fourth-order valence-corrected chi connectivity index (χ4v) is 2.46. The molecule has 112 valence electrons. The summed E-state index contributed by atoms with van der Waals surface area (Å²) >= 11 is 3.39. The minimum absolute atomic E-state index is 0.192. The minimum atomic E-state index is -0.632. The monoisotopic (exact) mass is 358 g/mol. The van der Waals surface area contributed by atoms with Crippen LogP contribution in [0.5, 0.6) is 0 Å². The van der Waals surface area contributed by atoms with E-state index in [1.165, 1.54) is 0 Å². The summed E-state index contributed by atoms with van der Waals surface area (Å²) in [5, 5.41) is 13.6. The molecule has 0 spiro atoms. The average Bonchev–Trinajstić information content (AvgIpc) is 2.55. The molecule has 2 atom stereocenters. The van der Waals surface area contributed by atoms with E-state index < -0.39 is 6.10 Å². The zero-order chi connectivity index (χ0) is 15.5. The number of aliphatic hydroxyl groups excluding tert-OH is 1. The molecule has 0 aliphatic rings. The number of fused-ring (bicyclic) bond motifs is 1. The van der Waals surface area contributed by atoms with Crippen molar-refractivity contribution < 1.29 is 5.11 Å². The summed E-state index contributed by atoms with van der Waals surface area (Å²) in [6.07, 6.45) is 2.61. The third-order valence-electron chi connectivity index (χ3n) is 3.39. The number of halogens is 1. The predicted molar refractivity (Wildman–Crippen MR) is 89.5 cm³/mol. The summed E-state index contributed by atoms with van der Waals surface area (Å²) in [5.74, 6) is 0.664. The highest BCUT2D eigenvalue weighted by molar-refractivity contribution is 9.10. The van der Waals surface area contributed by atoms with E-state index in [2.05, 4.69) is 36.2 Å². The Morgan fingerprint density at radius 2 is 1.77 bits per heavy atom. The van der Waals surface area contributed by atoms with Crippen molar-refractivity contribution in [2.24, 2.45) is 0 Å². The molecule has 22 heavy (non-hydrogen) atoms. The summed E-state index contributed by atoms with van der Waals surface area (Å²) in [6.45, 7) is 1.91. The Bertz CT molecular complexity index is 778. The average molecular weight is 359 g/mol. The van der Waals surface area contributed by atoms with Gasteiger partial charge in [-0.1, -0.05) is 28.1 Å². The molecule has 3 rings (SSSR count). The molecule has 0 bridgehead atoms. The van der Waals surface area contributed by atoms with Crippen molar-refractivity contribution in [1.29, 1.82) is 0 Å². The van der Waals surface area contributed by atoms with Crippen LogP contribution in [0.4, 0.5) is 5.82 Å². The Kier molecular flexibility index (Phi) is 4.31. The van der Waals surface area contributed by atoms with E-state index in [9.17, 15) is 5.11 Å². The Morgan fingerprint density at radius 1 is 1.05 bits per heavy atom. The smallest absolute Gasteiger partial charge is 0.180 e. The third kappa shape index (κ3) is 3.23. The molecule has 6 heteroatoms. The largest absolute Gasteiger partial charge is 0.386 e. The summed E-state index contributed by atoms with van der Waals surface area (Å²) in [4.78, 5) is 12.8. The molecule has 5 nitrogen and oxygen atoms in total. The van der Waals surface area contributed by atoms with Gasteiger partial charge in [-0.2, -0.15) is 0 Å². The van der Waals surface area contributed by atoms with Crippen LogP contribution in [0, 0.1) is 0 Å². The maximum Gasteiger partial charge on any atom is 0.180 e. The first-order valence-electron chi connectivity index (χ1n) is 6.91. The van der Waals surface area contributed by atoms with Gasteiger partial charge in [0, 0.05) is 16.9 Å². The lowest BCUT2D eigenvalue weighted by Gasteiger charge is -2.21. The van der Waals surface area contributed by atoms with E-state index in [1.54, 1.807) is 12.4 Å². The number of hydrogen-bond acceptors (Lipinski definition) is 5. The minimum Gasteiger partial charge on any atom is -0.386 e. The SMILES string of the molecule is CC(Nc1ccc2nccnc2n1)C(O)c1ccc(Br)cc1. The van der Waals surface area contributed by atoms with Gasteiger partial charge in [-0.05, 0) is 36.8 Å². The van der Waals surface area contributed by atoms with Gasteiger partial charge in [-0.25, -0.2) is 9.97 Å². The number of nitrogens with zero attached hydrogens (tertiary/aromatic N) is 3. The quantitative estimate of drug-likeness (QED) is 0.748. The van der Waals surface area contributed by atoms with Gasteiger partial charge in [0.25, 0.3) is 0 Å². The molecule has 2 unspecified atom stereocenters. The number of rotatable bonds is 4. The maximum atomic E-state index is 10.4. The van der Waals surface area contributed by atoms with E-state index in [1.807, 2.05) is 43.3 Å². The fraction of sp³-hybridized carbons (Fsp3) is 0.188. The zero-order valence-corrected chi connectivity index (χ0v) is 13.5. The molecule has 1 aromatic carbocycles. The van der Waals surface area contributed by atoms with Crippen LogP contribution in [0.25, 0.3) is 11.2 Å². The predicted octanol–water partition coefficient (Wildman–Crippen LogP) is 3.32. The van der Waals surface area contributed by atoms with E-state index in [0.717, 1.165) is 15.6 Å². The number of aliphatic hydroxyl groups is 1. The van der Waals surface area contributed by atoms with Gasteiger partial charge in [0.2, 0.25) is 0 Å². The first-order valence-corrected chi connectivity index (χ1v) is 7.70. The van der Waals surface area contributed by atoms with Crippen molar-refractivity contribution in [2.75, 3.05) is 5.32 Å². The number of anilines is 1. The van der Waals surface area contributed by atoms with E-state index in [0.29, 0.717) is 11.5 Å². The van der Waals surface area contributed by atoms with Crippen LogP contribution in [0.1, 0.15) is 18.6 Å². The van der Waals surface area contributed by atoms with E-state index >= 15 is 0 Å². The van der Waals surface area contributed by atoms with Crippen molar-refractivity contribution in [2.45, 2.75) is 19.1 Å². The number of hydrogen-bond donors (Lipinski definition) is 2. The molecule has 2 aromatic heterocycles. The summed E-state index contributed by atoms with van der Waals surface area (Å²) in [7, 11) is 0. The van der Waals surface area contributed by atoms with Crippen molar-refractivity contribution >= 4 is 32.9 Å². The molecular weight excluding hydrogens is 344 g/mol. The van der Waals surface area contributed by atoms with Crippen LogP contribution >= 0.6 is 15.9 Å². The topological polar surface area (TPSA) is 70.9 Å². The molecule has 2 heterocycles. The van der Waals surface area contributed by atoms with Crippen LogP contribution in [-0.4, -0.2) is 26.1 Å². The van der Waals surface area contributed by atoms with E-state index in [-0.39, 0.29) is 6.04 Å². The van der Waals surface area contributed by atoms with Gasteiger partial charge in [0.1, 0.15) is 11.3 Å². The Balaban J connectivity index is 1.77. The van der Waals surface area contributed by atoms with E-state index in [4.69, 9.17) is 0 Å². The van der Waals surface area contributed by atoms with Crippen molar-refractivity contribution in [3.05, 3.63) is 58.8 Å². The first-order chi connectivity index (χ1) is 10.6. The standard InChI is InChI=1S/C16H15BrN4O/c1-10(15(22)11-2-4-12(17)5-3-11)20-14-7-6-13-16(21-14)19-9-8-18-13/h2-10,15,22H,1H3,(H,19,20,21). The molecular formula is C16H15BrN4O. The van der Waals surface area contributed by atoms with Crippen molar-refractivity contribution in [3.63, 3.8) is 0 Å². The highest BCUT2D eigenvalue weighted by Gasteiger charge is 2.16. The first kappa shape index (κ1) is 14.9. The molecule has 0 aliphatic heterocycles. The Morgan fingerprint density at radius 3 is 2.55 bits per heavy atom. The molecule has 0 amide bonds. The molecule has 0 radical (unpaired) electrons. The second-order valence-electron chi connectivity index (χ2n) is 5.02. The number of pyridine rings is 1. The third-order valence-corrected chi connectivity index (χ3v) is 3.92. The highest BCUT2D eigenvalue weighted by Crippen LogP contribution is 2.22.